The van der Waals surface area contributed by atoms with Gasteiger partial charge in [0.2, 0.25) is 0 Å². The van der Waals surface area contributed by atoms with E-state index in [1.54, 1.807) is 0 Å². The van der Waals surface area contributed by atoms with E-state index >= 15 is 0 Å². The molecule has 0 aliphatic heterocycles. The quantitative estimate of drug-likeness (QED) is 0.850. The standard InChI is InChI=1S/C14H16N2OS/c1-4-6-10(3)13(17)16-14-15-12-9(2)7-5-8-11(12)18-14/h5-8H,4H2,1-3H3,(H,15,16,17). The number of anilines is 1. The van der Waals surface area contributed by atoms with Crippen molar-refractivity contribution in [1.82, 2.24) is 4.98 Å². The lowest BCUT2D eigenvalue weighted by atomic mass is 10.2. The van der Waals surface area contributed by atoms with Gasteiger partial charge < -0.3 is 0 Å². The van der Waals surface area contributed by atoms with E-state index in [0.29, 0.717) is 5.13 Å². The van der Waals surface area contributed by atoms with Crippen LogP contribution in [0.2, 0.25) is 0 Å². The number of nitrogens with one attached hydrogen (secondary N) is 1. The number of allylic oxidation sites excluding steroid dienone is 1. The molecule has 0 saturated heterocycles. The molecule has 0 bridgehead atoms. The maximum atomic E-state index is 11.9. The van der Waals surface area contributed by atoms with Crippen LogP contribution in [0.1, 0.15) is 25.8 Å². The topological polar surface area (TPSA) is 42.0 Å². The monoisotopic (exact) mass is 260 g/mol. The molecule has 0 saturated carbocycles. The van der Waals surface area contributed by atoms with Crippen molar-refractivity contribution in [3.63, 3.8) is 0 Å². The Bertz CT molecular complexity index is 613. The Morgan fingerprint density at radius 1 is 1.50 bits per heavy atom. The van der Waals surface area contributed by atoms with E-state index in [4.69, 9.17) is 0 Å². The zero-order valence-corrected chi connectivity index (χ0v) is 11.6. The fourth-order valence-electron chi connectivity index (χ4n) is 1.73. The van der Waals surface area contributed by atoms with E-state index in [1.807, 2.05) is 45.0 Å². The average Bonchev–Trinajstić information content (AvgIpc) is 2.73. The van der Waals surface area contributed by atoms with Gasteiger partial charge >= 0.3 is 0 Å². The predicted octanol–water partition coefficient (Wildman–Crippen LogP) is 3.90. The summed E-state index contributed by atoms with van der Waals surface area (Å²) in [5.74, 6) is -0.0754. The Labute approximate surface area is 111 Å². The van der Waals surface area contributed by atoms with E-state index in [2.05, 4.69) is 10.3 Å². The third-order valence-corrected chi connectivity index (χ3v) is 3.65. The summed E-state index contributed by atoms with van der Waals surface area (Å²) < 4.78 is 1.10. The van der Waals surface area contributed by atoms with Gasteiger partial charge in [0.25, 0.3) is 5.91 Å². The molecule has 1 amide bonds. The Balaban J connectivity index is 2.25. The van der Waals surface area contributed by atoms with Crippen molar-refractivity contribution in [1.29, 1.82) is 0 Å². The first kappa shape index (κ1) is 12.8. The first-order valence-corrected chi connectivity index (χ1v) is 6.77. The summed E-state index contributed by atoms with van der Waals surface area (Å²) in [6, 6.07) is 6.05. The maximum absolute atomic E-state index is 11.9. The van der Waals surface area contributed by atoms with Crippen LogP contribution in [-0.2, 0) is 4.79 Å². The van der Waals surface area contributed by atoms with Crippen LogP contribution in [0.5, 0.6) is 0 Å². The molecule has 0 atom stereocenters. The highest BCUT2D eigenvalue weighted by atomic mass is 32.1. The number of fused-ring (bicyclic) bond motifs is 1. The number of para-hydroxylation sites is 1. The van der Waals surface area contributed by atoms with E-state index in [0.717, 1.165) is 27.8 Å². The molecule has 1 aromatic heterocycles. The van der Waals surface area contributed by atoms with Crippen LogP contribution < -0.4 is 5.32 Å². The lowest BCUT2D eigenvalue weighted by molar-refractivity contribution is -0.112. The van der Waals surface area contributed by atoms with Gasteiger partial charge in [-0.2, -0.15) is 0 Å². The fraction of sp³-hybridized carbons (Fsp3) is 0.286. The number of hydrogen-bond donors (Lipinski definition) is 1. The van der Waals surface area contributed by atoms with Crippen LogP contribution in [0.25, 0.3) is 10.2 Å². The van der Waals surface area contributed by atoms with Crippen molar-refractivity contribution in [3.05, 3.63) is 35.4 Å². The highest BCUT2D eigenvalue weighted by Crippen LogP contribution is 2.28. The number of benzene rings is 1. The van der Waals surface area contributed by atoms with E-state index in [9.17, 15) is 4.79 Å². The number of rotatable bonds is 3. The van der Waals surface area contributed by atoms with Crippen molar-refractivity contribution in [2.75, 3.05) is 5.32 Å². The van der Waals surface area contributed by atoms with Crippen LogP contribution in [0.15, 0.2) is 29.8 Å². The molecule has 0 aliphatic rings. The summed E-state index contributed by atoms with van der Waals surface area (Å²) >= 11 is 1.50. The summed E-state index contributed by atoms with van der Waals surface area (Å²) in [5.41, 5.74) is 2.83. The third kappa shape index (κ3) is 2.59. The van der Waals surface area contributed by atoms with Crippen molar-refractivity contribution in [2.24, 2.45) is 0 Å². The number of carbonyl (C=O) groups is 1. The molecular formula is C14H16N2OS. The van der Waals surface area contributed by atoms with Gasteiger partial charge in [0.05, 0.1) is 10.2 Å². The molecule has 3 nitrogen and oxygen atoms in total. The van der Waals surface area contributed by atoms with Gasteiger partial charge in [0.1, 0.15) is 0 Å². The second kappa shape index (κ2) is 5.31. The summed E-state index contributed by atoms with van der Waals surface area (Å²) in [6.07, 6.45) is 2.77. The van der Waals surface area contributed by atoms with Gasteiger partial charge in [0, 0.05) is 5.57 Å². The van der Waals surface area contributed by atoms with Crippen LogP contribution >= 0.6 is 11.3 Å². The molecule has 0 radical (unpaired) electrons. The molecule has 2 aromatic rings. The fourth-order valence-corrected chi connectivity index (χ4v) is 2.67. The number of amides is 1. The van der Waals surface area contributed by atoms with Crippen LogP contribution in [-0.4, -0.2) is 10.9 Å². The molecule has 4 heteroatoms. The molecule has 0 unspecified atom stereocenters. The van der Waals surface area contributed by atoms with E-state index in [1.165, 1.54) is 11.3 Å². The van der Waals surface area contributed by atoms with Gasteiger partial charge in [-0.05, 0) is 31.9 Å². The highest BCUT2D eigenvalue weighted by Gasteiger charge is 2.09. The number of hydrogen-bond acceptors (Lipinski definition) is 3. The van der Waals surface area contributed by atoms with Crippen LogP contribution in [0.4, 0.5) is 5.13 Å². The lowest BCUT2D eigenvalue weighted by Gasteiger charge is -2.00. The molecule has 94 valence electrons. The zero-order valence-electron chi connectivity index (χ0n) is 10.8. The summed E-state index contributed by atoms with van der Waals surface area (Å²) in [5, 5.41) is 3.50. The summed E-state index contributed by atoms with van der Waals surface area (Å²) in [7, 11) is 0. The number of carbonyl (C=O) groups excluding carboxylic acids is 1. The van der Waals surface area contributed by atoms with Gasteiger partial charge in [0.15, 0.2) is 5.13 Å². The minimum Gasteiger partial charge on any atom is -0.298 e. The molecule has 0 aliphatic carbocycles. The molecule has 0 spiro atoms. The van der Waals surface area contributed by atoms with Gasteiger partial charge in [-0.25, -0.2) is 4.98 Å². The summed E-state index contributed by atoms with van der Waals surface area (Å²) in [4.78, 5) is 16.3. The Kier molecular flexibility index (Phi) is 3.77. The van der Waals surface area contributed by atoms with Crippen molar-refractivity contribution >= 4 is 32.6 Å². The van der Waals surface area contributed by atoms with E-state index in [-0.39, 0.29) is 5.91 Å². The molecular weight excluding hydrogens is 244 g/mol. The molecule has 2 rings (SSSR count). The second-order valence-electron chi connectivity index (χ2n) is 4.19. The van der Waals surface area contributed by atoms with Gasteiger partial charge in [-0.3, -0.25) is 10.1 Å². The average molecular weight is 260 g/mol. The Hall–Kier alpha value is -1.68. The van der Waals surface area contributed by atoms with Gasteiger partial charge in [-0.15, -0.1) is 0 Å². The van der Waals surface area contributed by atoms with Crippen LogP contribution in [0.3, 0.4) is 0 Å². The Morgan fingerprint density at radius 3 is 2.94 bits per heavy atom. The second-order valence-corrected chi connectivity index (χ2v) is 5.22. The lowest BCUT2D eigenvalue weighted by Crippen LogP contribution is -2.12. The highest BCUT2D eigenvalue weighted by molar-refractivity contribution is 7.22. The van der Waals surface area contributed by atoms with E-state index < -0.39 is 0 Å². The third-order valence-electron chi connectivity index (χ3n) is 2.71. The largest absolute Gasteiger partial charge is 0.298 e. The molecule has 1 heterocycles. The number of nitrogens with zero attached hydrogens (tertiary/aromatic N) is 1. The molecule has 1 N–H and O–H groups in total. The van der Waals surface area contributed by atoms with Crippen LogP contribution in [0, 0.1) is 6.92 Å². The minimum absolute atomic E-state index is 0.0754. The number of aryl methyl sites for hydroxylation is 1. The number of thiazole rings is 1. The smallest absolute Gasteiger partial charge is 0.252 e. The van der Waals surface area contributed by atoms with Crippen molar-refractivity contribution in [3.8, 4) is 0 Å². The summed E-state index contributed by atoms with van der Waals surface area (Å²) in [6.45, 7) is 5.85. The minimum atomic E-state index is -0.0754. The Morgan fingerprint density at radius 2 is 2.28 bits per heavy atom. The first-order chi connectivity index (χ1) is 8.61. The molecule has 0 fully saturated rings. The van der Waals surface area contributed by atoms with Gasteiger partial charge in [-0.1, -0.05) is 36.5 Å². The molecule has 18 heavy (non-hydrogen) atoms. The zero-order chi connectivity index (χ0) is 13.1. The maximum Gasteiger partial charge on any atom is 0.252 e. The first-order valence-electron chi connectivity index (χ1n) is 5.96. The molecule has 1 aromatic carbocycles. The van der Waals surface area contributed by atoms with Crippen molar-refractivity contribution in [2.45, 2.75) is 27.2 Å². The SMILES string of the molecule is CCC=C(C)C(=O)Nc1nc2c(C)cccc2s1. The number of aromatic nitrogens is 1. The predicted molar refractivity (Wildman–Crippen MR) is 77.0 cm³/mol. The van der Waals surface area contributed by atoms with Crippen molar-refractivity contribution < 1.29 is 4.79 Å². The normalized spacial score (nSPS) is 11.8.